The number of nitrogens with zero attached hydrogens (tertiary/aromatic N) is 1. The Labute approximate surface area is 495 Å². The van der Waals surface area contributed by atoms with Crippen molar-refractivity contribution in [2.75, 3.05) is 40.9 Å². The van der Waals surface area contributed by atoms with Crippen LogP contribution >= 0.6 is 7.82 Å². The van der Waals surface area contributed by atoms with Crippen molar-refractivity contribution in [3.8, 4) is 0 Å². The fourth-order valence-electron chi connectivity index (χ4n) is 9.73. The number of hydrogen-bond acceptors (Lipinski definition) is 6. The van der Waals surface area contributed by atoms with Gasteiger partial charge in [-0.05, 0) is 76.7 Å². The van der Waals surface area contributed by atoms with Gasteiger partial charge in [0.25, 0.3) is 0 Å². The molecule has 0 fully saturated rings. The number of allylic oxidation sites excluding steroid dienone is 11. The summed E-state index contributed by atoms with van der Waals surface area (Å²) in [5, 5.41) is 3.06. The molecule has 3 unspecified atom stereocenters. The van der Waals surface area contributed by atoms with Crippen LogP contribution in [0.5, 0.6) is 0 Å². The molecule has 0 saturated heterocycles. The molecule has 0 aliphatic carbocycles. The van der Waals surface area contributed by atoms with Gasteiger partial charge in [0.15, 0.2) is 0 Å². The maximum Gasteiger partial charge on any atom is 0.472 e. The van der Waals surface area contributed by atoms with Crippen LogP contribution in [0.15, 0.2) is 72.9 Å². The number of likely N-dealkylation sites (N-methyl/N-ethyl adjacent to an activating group) is 1. The summed E-state index contributed by atoms with van der Waals surface area (Å²) in [6.07, 6.45) is 77.6. The van der Waals surface area contributed by atoms with E-state index < -0.39 is 20.0 Å². The maximum absolute atomic E-state index is 13.6. The van der Waals surface area contributed by atoms with Crippen molar-refractivity contribution in [1.82, 2.24) is 5.32 Å². The molecule has 0 aromatic heterocycles. The maximum atomic E-state index is 13.6. The van der Waals surface area contributed by atoms with Crippen molar-refractivity contribution < 1.29 is 37.3 Å². The third kappa shape index (κ3) is 60.1. The Morgan fingerprint density at radius 2 is 0.800 bits per heavy atom. The van der Waals surface area contributed by atoms with E-state index in [4.69, 9.17) is 13.8 Å². The normalized spacial score (nSPS) is 14.0. The van der Waals surface area contributed by atoms with Crippen LogP contribution in [0.3, 0.4) is 0 Å². The number of carbonyl (C=O) groups is 2. The zero-order valence-electron chi connectivity index (χ0n) is 53.3. The summed E-state index contributed by atoms with van der Waals surface area (Å²) in [6.45, 7) is 6.92. The summed E-state index contributed by atoms with van der Waals surface area (Å²) in [5.74, 6) is -0.517. The molecule has 0 aromatic carbocycles. The van der Waals surface area contributed by atoms with Crippen LogP contribution in [0.1, 0.15) is 310 Å². The number of quaternary nitrogens is 1. The van der Waals surface area contributed by atoms with Gasteiger partial charge in [0.2, 0.25) is 5.91 Å². The monoisotopic (exact) mass is 1140 g/mol. The van der Waals surface area contributed by atoms with Crippen molar-refractivity contribution in [1.29, 1.82) is 0 Å². The number of phosphoric ester groups is 1. The molecule has 2 N–H and O–H groups in total. The van der Waals surface area contributed by atoms with Crippen molar-refractivity contribution >= 4 is 19.7 Å². The fourth-order valence-corrected chi connectivity index (χ4v) is 10.5. The first kappa shape index (κ1) is 77.5. The average Bonchev–Trinajstić information content (AvgIpc) is 3.42. The molecule has 466 valence electrons. The molecule has 0 rings (SSSR count). The van der Waals surface area contributed by atoms with Crippen LogP contribution in [0.25, 0.3) is 0 Å². The highest BCUT2D eigenvalue weighted by molar-refractivity contribution is 7.47. The first-order chi connectivity index (χ1) is 38.9. The van der Waals surface area contributed by atoms with Gasteiger partial charge in [0, 0.05) is 12.8 Å². The van der Waals surface area contributed by atoms with E-state index in [0.717, 1.165) is 103 Å². The van der Waals surface area contributed by atoms with Gasteiger partial charge in [0.05, 0.1) is 33.8 Å². The van der Waals surface area contributed by atoms with Gasteiger partial charge in [0.1, 0.15) is 19.3 Å². The van der Waals surface area contributed by atoms with Gasteiger partial charge in [-0.2, -0.15) is 0 Å². The molecular weight excluding hydrogens is 1010 g/mol. The third-order valence-electron chi connectivity index (χ3n) is 14.9. The van der Waals surface area contributed by atoms with E-state index in [-0.39, 0.29) is 31.5 Å². The smallest absolute Gasteiger partial charge is 0.456 e. The van der Waals surface area contributed by atoms with Gasteiger partial charge >= 0.3 is 13.8 Å². The molecule has 0 aliphatic heterocycles. The predicted molar refractivity (Wildman–Crippen MR) is 346 cm³/mol. The van der Waals surface area contributed by atoms with Crippen LogP contribution in [0.4, 0.5) is 0 Å². The third-order valence-corrected chi connectivity index (χ3v) is 15.9. The van der Waals surface area contributed by atoms with Gasteiger partial charge in [-0.25, -0.2) is 4.57 Å². The van der Waals surface area contributed by atoms with Gasteiger partial charge in [-0.3, -0.25) is 18.6 Å². The number of esters is 1. The highest BCUT2D eigenvalue weighted by atomic mass is 31.2. The molecule has 0 heterocycles. The SMILES string of the molecule is CC/C=C\C/C=C\C/C=C\C/C=C\C/C=C\CCCCCCCC(=O)OC(/C=C/CCCCCCCCCCCC)C(COP(=O)(O)OCC[N+](C)(C)C)NC(=O)CCCCCCCCCCCCCCCCCCCCCCC. The second kappa shape index (κ2) is 59.6. The summed E-state index contributed by atoms with van der Waals surface area (Å²) < 4.78 is 30.8. The molecular formula is C70H130N2O7P+. The standard InChI is InChI=1S/C70H129N2O7P/c1-7-10-13-16-19-22-25-28-30-32-34-36-38-40-42-44-47-50-53-56-59-62-69(73)71-67(66-78-80(75,76)77-65-64-72(4,5)6)68(61-58-55-52-49-46-27-24-21-18-15-12-9-3)79-70(74)63-60-57-54-51-48-45-43-41-39-37-35-33-31-29-26-23-20-17-14-11-8-2/h11,14,20,23,29,31,35,37,41,43,58,61,67-68H,7-10,12-13,15-19,21-22,24-28,30,32-34,36,38-40,42,44-57,59-60,62-66H2,1-6H3,(H-,71,73,75,76)/p+1/b14-11-,23-20-,31-29-,37-35-,43-41-,61-58+. The highest BCUT2D eigenvalue weighted by Gasteiger charge is 2.30. The topological polar surface area (TPSA) is 111 Å². The number of amides is 1. The lowest BCUT2D eigenvalue weighted by Crippen LogP contribution is -2.47. The highest BCUT2D eigenvalue weighted by Crippen LogP contribution is 2.43. The van der Waals surface area contributed by atoms with Crippen molar-refractivity contribution in [3.05, 3.63) is 72.9 Å². The minimum Gasteiger partial charge on any atom is -0.456 e. The largest absolute Gasteiger partial charge is 0.472 e. The van der Waals surface area contributed by atoms with E-state index in [1.54, 1.807) is 0 Å². The minimum absolute atomic E-state index is 0.0360. The summed E-state index contributed by atoms with van der Waals surface area (Å²) >= 11 is 0. The van der Waals surface area contributed by atoms with Crippen LogP contribution in [0.2, 0.25) is 0 Å². The molecule has 10 heteroatoms. The second-order valence-electron chi connectivity index (χ2n) is 24.0. The lowest BCUT2D eigenvalue weighted by Gasteiger charge is -2.27. The summed E-state index contributed by atoms with van der Waals surface area (Å²) in [4.78, 5) is 37.8. The van der Waals surface area contributed by atoms with Crippen molar-refractivity contribution in [2.24, 2.45) is 0 Å². The van der Waals surface area contributed by atoms with Crippen LogP contribution in [-0.2, 0) is 27.9 Å². The number of unbranched alkanes of at least 4 members (excludes halogenated alkanes) is 35. The number of nitrogens with one attached hydrogen (secondary N) is 1. The lowest BCUT2D eigenvalue weighted by atomic mass is 10.0. The first-order valence-electron chi connectivity index (χ1n) is 33.8. The molecule has 0 bridgehead atoms. The lowest BCUT2D eigenvalue weighted by molar-refractivity contribution is -0.870. The first-order valence-corrected chi connectivity index (χ1v) is 35.3. The molecule has 0 aliphatic rings. The Hall–Kier alpha value is -2.55. The summed E-state index contributed by atoms with van der Waals surface area (Å²) in [7, 11) is 1.49. The Balaban J connectivity index is 5.18. The summed E-state index contributed by atoms with van der Waals surface area (Å²) in [6, 6.07) is -0.858. The molecule has 80 heavy (non-hydrogen) atoms. The van der Waals surface area contributed by atoms with E-state index in [9.17, 15) is 19.0 Å². The van der Waals surface area contributed by atoms with E-state index in [2.05, 4.69) is 86.8 Å². The molecule has 0 spiro atoms. The Bertz CT molecular complexity index is 1600. The number of hydrogen-bond donors (Lipinski definition) is 2. The van der Waals surface area contributed by atoms with Crippen LogP contribution in [-0.4, -0.2) is 74.3 Å². The average molecular weight is 1140 g/mol. The van der Waals surface area contributed by atoms with Crippen molar-refractivity contribution in [3.63, 3.8) is 0 Å². The Morgan fingerprint density at radius 3 is 1.20 bits per heavy atom. The molecule has 1 amide bonds. The molecule has 3 atom stereocenters. The number of carbonyl (C=O) groups excluding carboxylic acids is 2. The van der Waals surface area contributed by atoms with Gasteiger partial charge in [-0.1, -0.05) is 293 Å². The summed E-state index contributed by atoms with van der Waals surface area (Å²) in [5.41, 5.74) is 0. The van der Waals surface area contributed by atoms with Gasteiger partial charge in [-0.15, -0.1) is 0 Å². The quantitative estimate of drug-likeness (QED) is 0.0205. The second-order valence-corrected chi connectivity index (χ2v) is 25.4. The molecule has 0 radical (unpaired) electrons. The predicted octanol–water partition coefficient (Wildman–Crippen LogP) is 21.2. The van der Waals surface area contributed by atoms with E-state index >= 15 is 0 Å². The Morgan fingerprint density at radius 1 is 0.450 bits per heavy atom. The number of phosphoric acid groups is 1. The van der Waals surface area contributed by atoms with Gasteiger partial charge < -0.3 is 19.4 Å². The molecule has 9 nitrogen and oxygen atoms in total. The zero-order valence-corrected chi connectivity index (χ0v) is 54.2. The van der Waals surface area contributed by atoms with E-state index in [1.165, 1.54) is 167 Å². The fraction of sp³-hybridized carbons (Fsp3) is 0.800. The van der Waals surface area contributed by atoms with E-state index in [0.29, 0.717) is 23.9 Å². The van der Waals surface area contributed by atoms with Crippen LogP contribution < -0.4 is 5.32 Å². The molecule has 0 saturated carbocycles. The number of rotatable bonds is 61. The molecule has 0 aromatic rings. The Kier molecular flexibility index (Phi) is 57.7. The van der Waals surface area contributed by atoms with Crippen LogP contribution in [0, 0.1) is 0 Å². The minimum atomic E-state index is -4.46. The number of ether oxygens (including phenoxy) is 1. The van der Waals surface area contributed by atoms with Crippen molar-refractivity contribution in [2.45, 2.75) is 322 Å². The van der Waals surface area contributed by atoms with E-state index in [1.807, 2.05) is 33.3 Å². The zero-order chi connectivity index (χ0) is 58.6.